The number of likely N-dealkylation sites (tertiary alicyclic amines) is 1. The molecule has 1 aromatic heterocycles. The number of piperidine rings is 1. The summed E-state index contributed by atoms with van der Waals surface area (Å²) >= 11 is 0.921. The van der Waals surface area contributed by atoms with Crippen molar-refractivity contribution in [3.05, 3.63) is 28.2 Å². The second-order valence-electron chi connectivity index (χ2n) is 7.66. The molecule has 1 atom stereocenters. The minimum absolute atomic E-state index is 0.0651. The van der Waals surface area contributed by atoms with E-state index in [4.69, 9.17) is 14.2 Å². The van der Waals surface area contributed by atoms with Crippen molar-refractivity contribution in [2.24, 2.45) is 5.92 Å². The molecule has 0 bridgehead atoms. The molecule has 33 heavy (non-hydrogen) atoms. The summed E-state index contributed by atoms with van der Waals surface area (Å²) in [7, 11) is 1.62. The van der Waals surface area contributed by atoms with Gasteiger partial charge in [0, 0.05) is 45.1 Å². The van der Waals surface area contributed by atoms with Crippen LogP contribution < -0.4 is 20.1 Å². The van der Waals surface area contributed by atoms with Crippen LogP contribution in [0.1, 0.15) is 38.9 Å². The van der Waals surface area contributed by atoms with Crippen molar-refractivity contribution in [3.8, 4) is 11.5 Å². The lowest BCUT2D eigenvalue weighted by Crippen LogP contribution is -2.45. The summed E-state index contributed by atoms with van der Waals surface area (Å²) in [6.07, 6.45) is 2.18. The molecule has 4 rings (SSSR count). The van der Waals surface area contributed by atoms with E-state index >= 15 is 0 Å². The molecule has 1 fully saturated rings. The monoisotopic (exact) mass is 475 g/mol. The predicted molar refractivity (Wildman–Crippen MR) is 119 cm³/mol. The third-order valence-electron chi connectivity index (χ3n) is 5.34. The first kappa shape index (κ1) is 22.9. The van der Waals surface area contributed by atoms with E-state index in [1.54, 1.807) is 30.2 Å². The van der Waals surface area contributed by atoms with Gasteiger partial charge in [0.25, 0.3) is 11.8 Å². The van der Waals surface area contributed by atoms with Crippen LogP contribution in [0, 0.1) is 5.92 Å². The summed E-state index contributed by atoms with van der Waals surface area (Å²) in [5.41, 5.74) is 0.516. The maximum absolute atomic E-state index is 12.9. The number of benzene rings is 1. The Morgan fingerprint density at radius 2 is 2.03 bits per heavy atom. The fourth-order valence-electron chi connectivity index (χ4n) is 3.64. The Labute approximate surface area is 194 Å². The Bertz CT molecular complexity index is 1030. The maximum Gasteiger partial charge on any atom is 0.286 e. The van der Waals surface area contributed by atoms with Crippen molar-refractivity contribution >= 4 is 34.7 Å². The molecule has 0 saturated carbocycles. The van der Waals surface area contributed by atoms with Crippen molar-refractivity contribution in [3.63, 3.8) is 0 Å². The molecule has 0 radical (unpaired) electrons. The normalized spacial score (nSPS) is 17.0. The molecular formula is C21H25N5O6S. The second-order valence-corrected chi connectivity index (χ2v) is 8.64. The van der Waals surface area contributed by atoms with Crippen LogP contribution in [0.4, 0.5) is 5.69 Å². The van der Waals surface area contributed by atoms with Crippen LogP contribution in [0.5, 0.6) is 11.5 Å². The lowest BCUT2D eigenvalue weighted by Gasteiger charge is -2.31. The number of fused-ring (bicyclic) bond motifs is 1. The Hall–Kier alpha value is -3.25. The van der Waals surface area contributed by atoms with Gasteiger partial charge in [0.05, 0.1) is 5.92 Å². The van der Waals surface area contributed by atoms with E-state index in [0.29, 0.717) is 43.4 Å². The number of rotatable bonds is 8. The van der Waals surface area contributed by atoms with Gasteiger partial charge in [-0.3, -0.25) is 14.4 Å². The van der Waals surface area contributed by atoms with E-state index in [1.807, 2.05) is 0 Å². The van der Waals surface area contributed by atoms with Gasteiger partial charge in [0.2, 0.25) is 22.7 Å². The van der Waals surface area contributed by atoms with Crippen LogP contribution in [0.25, 0.3) is 0 Å². The number of ether oxygens (including phenoxy) is 3. The Morgan fingerprint density at radius 3 is 2.88 bits per heavy atom. The summed E-state index contributed by atoms with van der Waals surface area (Å²) in [4.78, 5) is 39.5. The average Bonchev–Trinajstić information content (AvgIpc) is 3.51. The number of carbonyl (C=O) groups is 3. The lowest BCUT2D eigenvalue weighted by molar-refractivity contribution is -0.126. The van der Waals surface area contributed by atoms with Crippen LogP contribution in [0.2, 0.25) is 0 Å². The van der Waals surface area contributed by atoms with Gasteiger partial charge >= 0.3 is 0 Å². The maximum atomic E-state index is 12.9. The summed E-state index contributed by atoms with van der Waals surface area (Å²) in [6, 6.07) is 5.04. The number of aromatic nitrogens is 2. The zero-order chi connectivity index (χ0) is 23.2. The van der Waals surface area contributed by atoms with E-state index < -0.39 is 5.91 Å². The number of carbonyl (C=O) groups excluding carboxylic acids is 3. The van der Waals surface area contributed by atoms with Gasteiger partial charge in [0.1, 0.15) is 0 Å². The first-order valence-electron chi connectivity index (χ1n) is 10.7. The van der Waals surface area contributed by atoms with Gasteiger partial charge in [-0.1, -0.05) is 11.3 Å². The van der Waals surface area contributed by atoms with Crippen LogP contribution in [0.3, 0.4) is 0 Å². The molecule has 176 valence electrons. The van der Waals surface area contributed by atoms with Crippen molar-refractivity contribution in [2.45, 2.75) is 19.3 Å². The number of nitrogens with one attached hydrogen (secondary N) is 2. The van der Waals surface area contributed by atoms with Crippen LogP contribution in [-0.2, 0) is 9.53 Å². The summed E-state index contributed by atoms with van der Waals surface area (Å²) in [5, 5.41) is 13.6. The fourth-order valence-corrected chi connectivity index (χ4v) is 4.35. The van der Waals surface area contributed by atoms with E-state index in [-0.39, 0.29) is 34.5 Å². The van der Waals surface area contributed by atoms with E-state index in [0.717, 1.165) is 30.6 Å². The number of methoxy groups -OCH3 is 1. The molecule has 1 unspecified atom stereocenters. The smallest absolute Gasteiger partial charge is 0.286 e. The molecule has 3 amide bonds. The molecule has 1 saturated heterocycles. The third kappa shape index (κ3) is 5.57. The molecule has 2 aromatic rings. The number of hydrogen-bond donors (Lipinski definition) is 2. The lowest BCUT2D eigenvalue weighted by atomic mass is 9.97. The highest BCUT2D eigenvalue weighted by atomic mass is 32.1. The molecule has 12 heteroatoms. The number of nitrogens with zero attached hydrogens (tertiary/aromatic N) is 3. The minimum atomic E-state index is -0.475. The zero-order valence-electron chi connectivity index (χ0n) is 18.2. The Morgan fingerprint density at radius 1 is 1.21 bits per heavy atom. The minimum Gasteiger partial charge on any atom is -0.454 e. The van der Waals surface area contributed by atoms with Crippen molar-refractivity contribution in [1.82, 2.24) is 20.4 Å². The molecule has 2 N–H and O–H groups in total. The quantitative estimate of drug-likeness (QED) is 0.550. The van der Waals surface area contributed by atoms with E-state index in [9.17, 15) is 14.4 Å². The molecule has 1 aromatic carbocycles. The fraction of sp³-hybridized carbons (Fsp3) is 0.476. The highest BCUT2D eigenvalue weighted by Crippen LogP contribution is 2.34. The second kappa shape index (κ2) is 10.6. The van der Waals surface area contributed by atoms with Crippen LogP contribution in [0.15, 0.2) is 18.2 Å². The first-order chi connectivity index (χ1) is 16.0. The molecule has 11 nitrogen and oxygen atoms in total. The molecule has 0 aliphatic carbocycles. The van der Waals surface area contributed by atoms with Gasteiger partial charge < -0.3 is 29.7 Å². The Kier molecular flexibility index (Phi) is 7.35. The molecular weight excluding hydrogens is 450 g/mol. The van der Waals surface area contributed by atoms with Crippen molar-refractivity contribution in [1.29, 1.82) is 0 Å². The number of amides is 3. The summed E-state index contributed by atoms with van der Waals surface area (Å²) < 4.78 is 15.5. The topological polar surface area (TPSA) is 132 Å². The van der Waals surface area contributed by atoms with Crippen molar-refractivity contribution < 1.29 is 28.6 Å². The molecule has 2 aliphatic rings. The van der Waals surface area contributed by atoms with Crippen LogP contribution in [-0.4, -0.2) is 73.0 Å². The molecule has 0 spiro atoms. The van der Waals surface area contributed by atoms with Gasteiger partial charge in [-0.25, -0.2) is 0 Å². The SMILES string of the molecule is COCCCNC(=O)C1CCCN(C(=O)c2nnc(C(=O)Nc3ccc4c(c3)OCO4)s2)C1. The predicted octanol–water partition coefficient (Wildman–Crippen LogP) is 1.52. The first-order valence-corrected chi connectivity index (χ1v) is 11.5. The van der Waals surface area contributed by atoms with Gasteiger partial charge in [-0.2, -0.15) is 0 Å². The van der Waals surface area contributed by atoms with Gasteiger partial charge in [0.15, 0.2) is 11.5 Å². The highest BCUT2D eigenvalue weighted by Gasteiger charge is 2.30. The zero-order valence-corrected chi connectivity index (χ0v) is 19.0. The average molecular weight is 476 g/mol. The Balaban J connectivity index is 1.33. The van der Waals surface area contributed by atoms with Crippen LogP contribution >= 0.6 is 11.3 Å². The summed E-state index contributed by atoms with van der Waals surface area (Å²) in [6.45, 7) is 2.10. The number of anilines is 1. The van der Waals surface area contributed by atoms with E-state index in [1.165, 1.54) is 0 Å². The third-order valence-corrected chi connectivity index (χ3v) is 6.25. The van der Waals surface area contributed by atoms with Crippen molar-refractivity contribution in [2.75, 3.05) is 45.5 Å². The molecule has 3 heterocycles. The standard InChI is InChI=1S/C21H25N5O6S/c1-30-9-3-7-22-17(27)13-4-2-8-26(11-13)21(29)20-25-24-19(33-20)18(28)23-14-5-6-15-16(10-14)32-12-31-15/h5-6,10,13H,2-4,7-9,11-12H2,1H3,(H,22,27)(H,23,28). The largest absolute Gasteiger partial charge is 0.454 e. The summed E-state index contributed by atoms with van der Waals surface area (Å²) in [5.74, 6) is 0.0177. The number of hydrogen-bond acceptors (Lipinski definition) is 9. The highest BCUT2D eigenvalue weighted by molar-refractivity contribution is 7.15. The van der Waals surface area contributed by atoms with Gasteiger partial charge in [-0.05, 0) is 31.4 Å². The molecule has 2 aliphatic heterocycles. The van der Waals surface area contributed by atoms with Gasteiger partial charge in [-0.15, -0.1) is 10.2 Å². The van der Waals surface area contributed by atoms with E-state index in [2.05, 4.69) is 20.8 Å².